The second kappa shape index (κ2) is 14.9. The molecule has 10 heteroatoms. The van der Waals surface area contributed by atoms with Gasteiger partial charge in [0.25, 0.3) is 0 Å². The molecule has 10 nitrogen and oxygen atoms in total. The lowest BCUT2D eigenvalue weighted by atomic mass is 9.63. The molecule has 9 rings (SSSR count). The number of esters is 4. The Balaban J connectivity index is 1.33. The Morgan fingerprint density at radius 2 is 0.667 bits per heavy atom. The molecule has 0 radical (unpaired) electrons. The van der Waals surface area contributed by atoms with Gasteiger partial charge in [0, 0.05) is 49.9 Å². The van der Waals surface area contributed by atoms with Gasteiger partial charge in [0.2, 0.25) is 0 Å². The van der Waals surface area contributed by atoms with Crippen molar-refractivity contribution in [3.63, 3.8) is 0 Å². The van der Waals surface area contributed by atoms with Crippen molar-refractivity contribution in [2.45, 2.75) is 142 Å². The minimum absolute atomic E-state index is 0.141. The van der Waals surface area contributed by atoms with Crippen LogP contribution in [0.2, 0.25) is 0 Å². The van der Waals surface area contributed by atoms with Crippen LogP contribution in [-0.2, 0) is 46.3 Å². The lowest BCUT2D eigenvalue weighted by Gasteiger charge is -2.40. The molecule has 1 aliphatic carbocycles. The summed E-state index contributed by atoms with van der Waals surface area (Å²) in [6.07, 6.45) is 4.38. The Bertz CT molecular complexity index is 2710. The minimum Gasteiger partial charge on any atom is -0.497 e. The highest BCUT2D eigenvalue weighted by molar-refractivity contribution is 6.42. The molecular formula is C56H60O10. The van der Waals surface area contributed by atoms with Gasteiger partial charge in [-0.3, -0.25) is 0 Å². The van der Waals surface area contributed by atoms with Gasteiger partial charge in [0.1, 0.15) is 34.5 Å². The number of rotatable bonds is 4. The first kappa shape index (κ1) is 45.0. The van der Waals surface area contributed by atoms with Gasteiger partial charge >= 0.3 is 23.9 Å². The Kier molecular flexibility index (Phi) is 10.2. The zero-order valence-corrected chi connectivity index (χ0v) is 40.7. The molecule has 1 fully saturated rings. The fourth-order valence-corrected chi connectivity index (χ4v) is 10.5. The van der Waals surface area contributed by atoms with Crippen LogP contribution in [0.4, 0.5) is 0 Å². The molecule has 0 unspecified atom stereocenters. The van der Waals surface area contributed by atoms with E-state index in [0.29, 0.717) is 56.8 Å². The summed E-state index contributed by atoms with van der Waals surface area (Å²) in [5, 5.41) is 0. The molecule has 4 aromatic carbocycles. The molecule has 0 atom stereocenters. The van der Waals surface area contributed by atoms with Crippen molar-refractivity contribution in [2.24, 2.45) is 0 Å². The largest absolute Gasteiger partial charge is 0.497 e. The van der Waals surface area contributed by atoms with Crippen molar-refractivity contribution in [1.82, 2.24) is 0 Å². The van der Waals surface area contributed by atoms with E-state index in [1.54, 1.807) is 26.4 Å². The van der Waals surface area contributed by atoms with Crippen LogP contribution in [0.25, 0.3) is 22.3 Å². The summed E-state index contributed by atoms with van der Waals surface area (Å²) < 4.78 is 36.0. The van der Waals surface area contributed by atoms with Gasteiger partial charge in [-0.1, -0.05) is 114 Å². The molecule has 0 saturated heterocycles. The van der Waals surface area contributed by atoms with Crippen LogP contribution in [0, 0.1) is 0 Å². The molecule has 0 spiro atoms. The number of carbonyl (C=O) groups is 4. The number of hydrogen-bond acceptors (Lipinski definition) is 10. The maximum atomic E-state index is 14.4. The van der Waals surface area contributed by atoms with E-state index in [1.165, 1.54) is 0 Å². The Morgan fingerprint density at radius 1 is 0.394 bits per heavy atom. The minimum atomic E-state index is -0.640. The molecule has 344 valence electrons. The SMILES string of the molecule is COc1cc2c(c(C(C)(C)C)c1)OC(=O)/C2=C1/C(=O)Oc2c1cc(C1(c3cc4c(c(C(C)(C)C)c3)OC(=O)/C4=C3/C(=O)Oc4c3cc(OC)cc4C(C)(C)C)CCCCC1)cc2C(C)(C)C. The van der Waals surface area contributed by atoms with Crippen LogP contribution in [0.1, 0.15) is 171 Å². The first-order valence-electron chi connectivity index (χ1n) is 23.0. The average molecular weight is 893 g/mol. The van der Waals surface area contributed by atoms with Crippen molar-refractivity contribution in [1.29, 1.82) is 0 Å². The van der Waals surface area contributed by atoms with Gasteiger partial charge in [-0.15, -0.1) is 0 Å². The van der Waals surface area contributed by atoms with Gasteiger partial charge in [-0.05, 0) is 82.0 Å². The zero-order chi connectivity index (χ0) is 47.8. The zero-order valence-electron chi connectivity index (χ0n) is 40.7. The molecule has 66 heavy (non-hydrogen) atoms. The Labute approximate surface area is 387 Å². The molecule has 4 aliphatic heterocycles. The molecule has 4 heterocycles. The van der Waals surface area contributed by atoms with Gasteiger partial charge < -0.3 is 28.4 Å². The summed E-state index contributed by atoms with van der Waals surface area (Å²) in [7, 11) is 3.15. The summed E-state index contributed by atoms with van der Waals surface area (Å²) in [6, 6.07) is 15.7. The second-order valence-corrected chi connectivity index (χ2v) is 22.6. The van der Waals surface area contributed by atoms with Crippen LogP contribution in [0.5, 0.6) is 34.5 Å². The number of benzene rings is 4. The van der Waals surface area contributed by atoms with E-state index < -0.39 is 51.0 Å². The first-order valence-corrected chi connectivity index (χ1v) is 23.0. The Hall–Kier alpha value is -6.16. The maximum absolute atomic E-state index is 14.4. The number of fused-ring (bicyclic) bond motifs is 4. The van der Waals surface area contributed by atoms with E-state index >= 15 is 0 Å². The highest BCUT2D eigenvalue weighted by atomic mass is 16.6. The lowest BCUT2D eigenvalue weighted by molar-refractivity contribution is -0.129. The quantitative estimate of drug-likeness (QED) is 0.111. The third-order valence-electron chi connectivity index (χ3n) is 14.0. The normalized spacial score (nSPS) is 20.0. The third-order valence-corrected chi connectivity index (χ3v) is 14.0. The third kappa shape index (κ3) is 6.96. The number of methoxy groups -OCH3 is 2. The van der Waals surface area contributed by atoms with Gasteiger partial charge in [-0.25, -0.2) is 19.2 Å². The van der Waals surface area contributed by atoms with E-state index in [0.717, 1.165) is 65.5 Å². The predicted octanol–water partition coefficient (Wildman–Crippen LogP) is 11.6. The second-order valence-electron chi connectivity index (χ2n) is 22.6. The number of hydrogen-bond donors (Lipinski definition) is 0. The number of ether oxygens (including phenoxy) is 6. The van der Waals surface area contributed by atoms with E-state index in [1.807, 2.05) is 65.8 Å². The molecule has 5 aliphatic rings. The van der Waals surface area contributed by atoms with E-state index in [2.05, 4.69) is 53.7 Å². The summed E-state index contributed by atoms with van der Waals surface area (Å²) in [4.78, 5) is 57.2. The predicted molar refractivity (Wildman–Crippen MR) is 254 cm³/mol. The van der Waals surface area contributed by atoms with Gasteiger partial charge in [0.15, 0.2) is 0 Å². The van der Waals surface area contributed by atoms with E-state index in [4.69, 9.17) is 28.4 Å². The fraction of sp³-hybridized carbons (Fsp3) is 0.429. The standard InChI is InChI=1S/C56H60O10/c1-52(2,3)36-22-28(20-32-40(48(57)63-44(32)36)42-34-24-30(61-13)26-38(54(7,8)9)46(34)65-50(42)59)56(18-16-15-17-19-56)29-21-33-41(49(58)64-45(33)37(23-29)53(4,5)6)43-35-25-31(62-14)27-39(55(10,11)12)47(35)66-51(43)60/h20-27H,15-19H2,1-14H3/b42-40+,43-41+. The molecule has 0 bridgehead atoms. The van der Waals surface area contributed by atoms with Crippen molar-refractivity contribution in [3.05, 3.63) is 104 Å². The van der Waals surface area contributed by atoms with Crippen molar-refractivity contribution in [3.8, 4) is 34.5 Å². The molecule has 0 amide bonds. The highest BCUT2D eigenvalue weighted by Crippen LogP contribution is 2.57. The van der Waals surface area contributed by atoms with Crippen molar-refractivity contribution < 1.29 is 47.6 Å². The summed E-state index contributed by atoms with van der Waals surface area (Å²) in [5.74, 6) is 0.227. The molecular weight excluding hydrogens is 833 g/mol. The van der Waals surface area contributed by atoms with Crippen LogP contribution >= 0.6 is 0 Å². The fourth-order valence-electron chi connectivity index (χ4n) is 10.5. The molecule has 0 aromatic heterocycles. The Morgan fingerprint density at radius 3 is 0.939 bits per heavy atom. The summed E-state index contributed by atoms with van der Waals surface area (Å²) in [5.41, 5.74) is 5.27. The first-order chi connectivity index (χ1) is 30.8. The van der Waals surface area contributed by atoms with Crippen LogP contribution < -0.4 is 28.4 Å². The molecule has 1 saturated carbocycles. The van der Waals surface area contributed by atoms with Crippen molar-refractivity contribution >= 4 is 46.2 Å². The highest BCUT2D eigenvalue weighted by Gasteiger charge is 2.48. The molecule has 0 N–H and O–H groups in total. The van der Waals surface area contributed by atoms with Crippen molar-refractivity contribution in [2.75, 3.05) is 14.2 Å². The van der Waals surface area contributed by atoms with Crippen LogP contribution in [-0.4, -0.2) is 38.1 Å². The number of carbonyl (C=O) groups excluding carboxylic acids is 4. The maximum Gasteiger partial charge on any atom is 0.345 e. The topological polar surface area (TPSA) is 124 Å². The van der Waals surface area contributed by atoms with E-state index in [9.17, 15) is 19.2 Å². The summed E-state index contributed by atoms with van der Waals surface area (Å²) in [6.45, 7) is 24.8. The summed E-state index contributed by atoms with van der Waals surface area (Å²) >= 11 is 0. The average Bonchev–Trinajstić information content (AvgIpc) is 3.94. The monoisotopic (exact) mass is 892 g/mol. The van der Waals surface area contributed by atoms with Crippen LogP contribution in [0.3, 0.4) is 0 Å². The molecule has 4 aromatic rings. The smallest absolute Gasteiger partial charge is 0.345 e. The van der Waals surface area contributed by atoms with Crippen LogP contribution in [0.15, 0.2) is 48.5 Å². The van der Waals surface area contributed by atoms with Gasteiger partial charge in [0.05, 0.1) is 36.5 Å². The lowest BCUT2D eigenvalue weighted by Crippen LogP contribution is -2.32. The van der Waals surface area contributed by atoms with Gasteiger partial charge in [-0.2, -0.15) is 0 Å². The van der Waals surface area contributed by atoms with E-state index in [-0.39, 0.29) is 22.3 Å².